The van der Waals surface area contributed by atoms with Crippen LogP contribution in [0.3, 0.4) is 0 Å². The topological polar surface area (TPSA) is 116 Å². The molecule has 2 fully saturated rings. The summed E-state index contributed by atoms with van der Waals surface area (Å²) in [5, 5.41) is 18.5. The summed E-state index contributed by atoms with van der Waals surface area (Å²) in [4.78, 5) is 29.2. The Morgan fingerprint density at radius 3 is 2.62 bits per heavy atom. The largest absolute Gasteiger partial charge is 0.480 e. The number of aliphatic carboxylic acids is 1. The number of nitrogen functional groups attached to an aromatic ring is 1. The lowest BCUT2D eigenvalue weighted by molar-refractivity contribution is -0.147. The van der Waals surface area contributed by atoms with E-state index < -0.39 is 12.0 Å². The van der Waals surface area contributed by atoms with Gasteiger partial charge >= 0.3 is 5.97 Å². The lowest BCUT2D eigenvalue weighted by atomic mass is 10.0. The molecule has 1 unspecified atom stereocenters. The second-order valence-corrected chi connectivity index (χ2v) is 9.59. The summed E-state index contributed by atoms with van der Waals surface area (Å²) in [6.45, 7) is 6.27. The molecule has 2 aliphatic heterocycles. The van der Waals surface area contributed by atoms with E-state index in [2.05, 4.69) is 17.6 Å². The van der Waals surface area contributed by atoms with Gasteiger partial charge in [0.1, 0.15) is 11.9 Å². The zero-order chi connectivity index (χ0) is 24.4. The number of amidine groups is 1. The first-order chi connectivity index (χ1) is 16.3. The summed E-state index contributed by atoms with van der Waals surface area (Å²) in [6, 6.07) is 7.40. The molecule has 0 radical (unpaired) electrons. The molecule has 0 aliphatic carbocycles. The highest BCUT2D eigenvalue weighted by Crippen LogP contribution is 2.30. The van der Waals surface area contributed by atoms with E-state index >= 15 is 0 Å². The molecular weight excluding hydrogens is 430 g/mol. The third kappa shape index (κ3) is 4.56. The number of benzene rings is 1. The van der Waals surface area contributed by atoms with Gasteiger partial charge in [-0.15, -0.1) is 0 Å². The van der Waals surface area contributed by atoms with Gasteiger partial charge in [-0.05, 0) is 75.9 Å². The average molecular weight is 468 g/mol. The van der Waals surface area contributed by atoms with Crippen LogP contribution in [0, 0.1) is 5.41 Å². The normalized spacial score (nSPS) is 21.9. The summed E-state index contributed by atoms with van der Waals surface area (Å²) >= 11 is 0. The van der Waals surface area contributed by atoms with Gasteiger partial charge < -0.3 is 20.3 Å². The minimum Gasteiger partial charge on any atom is -0.480 e. The van der Waals surface area contributed by atoms with Crippen molar-refractivity contribution in [3.8, 4) is 0 Å². The maximum atomic E-state index is 13.5. The van der Waals surface area contributed by atoms with Gasteiger partial charge in [0.2, 0.25) is 5.91 Å². The van der Waals surface area contributed by atoms with E-state index in [0.717, 1.165) is 68.1 Å². The zero-order valence-electron chi connectivity index (χ0n) is 20.3. The molecule has 4 N–H and O–H groups in total. The molecule has 0 saturated carbocycles. The highest BCUT2D eigenvalue weighted by molar-refractivity contribution is 5.98. The first kappa shape index (κ1) is 24.3. The SMILES string of the molecule is CCC(C(=O)O)N1CCC[C@@H]1C(=O)N1CCC[C@H]1CCc1cc2ccc(C(=N)N)cc2n1CC. The number of carboxylic acid groups (broad SMARTS) is 1. The molecule has 3 heterocycles. The van der Waals surface area contributed by atoms with Crippen LogP contribution in [0.25, 0.3) is 10.9 Å². The third-order valence-electron chi connectivity index (χ3n) is 7.66. The first-order valence-corrected chi connectivity index (χ1v) is 12.6. The fourth-order valence-corrected chi connectivity index (χ4v) is 5.97. The lowest BCUT2D eigenvalue weighted by Crippen LogP contribution is -2.52. The molecule has 2 aliphatic rings. The fraction of sp³-hybridized carbons (Fsp3) is 0.577. The van der Waals surface area contributed by atoms with Crippen molar-refractivity contribution in [2.24, 2.45) is 5.73 Å². The van der Waals surface area contributed by atoms with Crippen LogP contribution >= 0.6 is 0 Å². The summed E-state index contributed by atoms with van der Waals surface area (Å²) in [5.74, 6) is -0.649. The maximum Gasteiger partial charge on any atom is 0.320 e. The van der Waals surface area contributed by atoms with Gasteiger partial charge in [0.15, 0.2) is 0 Å². The second-order valence-electron chi connectivity index (χ2n) is 9.59. The third-order valence-corrected chi connectivity index (χ3v) is 7.66. The van der Waals surface area contributed by atoms with Crippen molar-refractivity contribution in [3.63, 3.8) is 0 Å². The summed E-state index contributed by atoms with van der Waals surface area (Å²) in [5.41, 5.74) is 8.74. The van der Waals surface area contributed by atoms with Gasteiger partial charge in [0.05, 0.1) is 6.04 Å². The second kappa shape index (κ2) is 10.2. The van der Waals surface area contributed by atoms with E-state index in [-0.39, 0.29) is 23.8 Å². The van der Waals surface area contributed by atoms with Crippen LogP contribution in [0.15, 0.2) is 24.3 Å². The van der Waals surface area contributed by atoms with Crippen molar-refractivity contribution < 1.29 is 14.7 Å². The van der Waals surface area contributed by atoms with Crippen LogP contribution in [-0.4, -0.2) is 68.4 Å². The summed E-state index contributed by atoms with van der Waals surface area (Å²) < 4.78 is 2.28. The van der Waals surface area contributed by atoms with Crippen molar-refractivity contribution in [2.45, 2.75) is 83.5 Å². The molecule has 1 amide bonds. The average Bonchev–Trinajstić information content (AvgIpc) is 3.55. The number of nitrogens with one attached hydrogen (secondary N) is 1. The fourth-order valence-electron chi connectivity index (χ4n) is 5.97. The standard InChI is InChI=1S/C26H37N5O3/c1-3-21(26(33)34)31-14-6-8-22(31)25(32)30-13-5-7-19(30)11-12-20-15-17-9-10-18(24(27)28)16-23(17)29(20)4-2/h9-10,15-16,19,21-22H,3-8,11-14H2,1-2H3,(H3,27,28)(H,33,34)/t19-,21?,22+/m0/s1. The molecule has 4 rings (SSSR count). The quantitative estimate of drug-likeness (QED) is 0.387. The maximum absolute atomic E-state index is 13.5. The number of carboxylic acids is 1. The van der Waals surface area contributed by atoms with Crippen LogP contribution in [-0.2, 0) is 22.6 Å². The number of aryl methyl sites for hydroxylation is 2. The van der Waals surface area contributed by atoms with Gasteiger partial charge in [-0.25, -0.2) is 0 Å². The molecular formula is C26H37N5O3. The number of nitrogens with two attached hydrogens (primary N) is 1. The first-order valence-electron chi connectivity index (χ1n) is 12.6. The number of carbonyl (C=O) groups is 2. The smallest absolute Gasteiger partial charge is 0.320 e. The van der Waals surface area contributed by atoms with Gasteiger partial charge in [-0.1, -0.05) is 19.1 Å². The highest BCUT2D eigenvalue weighted by atomic mass is 16.4. The number of aromatic nitrogens is 1. The van der Waals surface area contributed by atoms with Gasteiger partial charge in [0.25, 0.3) is 0 Å². The van der Waals surface area contributed by atoms with Crippen molar-refractivity contribution in [3.05, 3.63) is 35.5 Å². The van der Waals surface area contributed by atoms with Crippen molar-refractivity contribution >= 4 is 28.6 Å². The molecule has 8 nitrogen and oxygen atoms in total. The van der Waals surface area contributed by atoms with Gasteiger partial charge in [-0.2, -0.15) is 0 Å². The van der Waals surface area contributed by atoms with E-state index in [1.54, 1.807) is 0 Å². The van der Waals surface area contributed by atoms with Crippen molar-refractivity contribution in [1.82, 2.24) is 14.4 Å². The van der Waals surface area contributed by atoms with E-state index in [0.29, 0.717) is 13.0 Å². The zero-order valence-corrected chi connectivity index (χ0v) is 20.3. The highest BCUT2D eigenvalue weighted by Gasteiger charge is 2.41. The van der Waals surface area contributed by atoms with Crippen LogP contribution in [0.1, 0.15) is 63.6 Å². The Morgan fingerprint density at radius 2 is 1.94 bits per heavy atom. The molecule has 3 atom stereocenters. The minimum atomic E-state index is -0.833. The Labute approximate surface area is 201 Å². The number of likely N-dealkylation sites (tertiary alicyclic amines) is 2. The molecule has 1 aromatic heterocycles. The molecule has 8 heteroatoms. The number of nitrogens with zero attached hydrogens (tertiary/aromatic N) is 3. The molecule has 0 bridgehead atoms. The van der Waals surface area contributed by atoms with Crippen molar-refractivity contribution in [1.29, 1.82) is 5.41 Å². The predicted octanol–water partition coefficient (Wildman–Crippen LogP) is 3.20. The van der Waals surface area contributed by atoms with Crippen LogP contribution in [0.2, 0.25) is 0 Å². The summed E-state index contributed by atoms with van der Waals surface area (Å²) in [7, 11) is 0. The number of hydrogen-bond acceptors (Lipinski definition) is 4. The number of amides is 1. The summed E-state index contributed by atoms with van der Waals surface area (Å²) in [6.07, 6.45) is 5.88. The Kier molecular flexibility index (Phi) is 7.26. The van der Waals surface area contributed by atoms with E-state index in [9.17, 15) is 14.7 Å². The van der Waals surface area contributed by atoms with Crippen LogP contribution in [0.4, 0.5) is 0 Å². The van der Waals surface area contributed by atoms with Crippen LogP contribution in [0.5, 0.6) is 0 Å². The molecule has 184 valence electrons. The number of carbonyl (C=O) groups excluding carboxylic acids is 1. The Hall–Kier alpha value is -2.87. The molecule has 34 heavy (non-hydrogen) atoms. The molecule has 1 aromatic carbocycles. The molecule has 2 aromatic rings. The molecule has 2 saturated heterocycles. The van der Waals surface area contributed by atoms with E-state index in [1.165, 1.54) is 5.69 Å². The minimum absolute atomic E-state index is 0.0709. The van der Waals surface area contributed by atoms with E-state index in [4.69, 9.17) is 11.1 Å². The Morgan fingerprint density at radius 1 is 1.18 bits per heavy atom. The van der Waals surface area contributed by atoms with Gasteiger partial charge in [-0.3, -0.25) is 19.9 Å². The monoisotopic (exact) mass is 467 g/mol. The Balaban J connectivity index is 1.48. The predicted molar refractivity (Wildman–Crippen MR) is 133 cm³/mol. The lowest BCUT2D eigenvalue weighted by Gasteiger charge is -2.34. The molecule has 0 spiro atoms. The number of hydrogen-bond donors (Lipinski definition) is 3. The van der Waals surface area contributed by atoms with Gasteiger partial charge in [0, 0.05) is 35.9 Å². The van der Waals surface area contributed by atoms with Crippen molar-refractivity contribution in [2.75, 3.05) is 13.1 Å². The van der Waals surface area contributed by atoms with E-state index in [1.807, 2.05) is 34.9 Å². The van der Waals surface area contributed by atoms with Crippen LogP contribution < -0.4 is 5.73 Å². The number of rotatable bonds is 9. The Bertz CT molecular complexity index is 1080. The number of fused-ring (bicyclic) bond motifs is 1.